The zero-order valence-electron chi connectivity index (χ0n) is 11.1. The minimum atomic E-state index is 0.652. The van der Waals surface area contributed by atoms with Gasteiger partial charge >= 0.3 is 0 Å². The van der Waals surface area contributed by atoms with Crippen molar-refractivity contribution in [2.24, 2.45) is 0 Å². The lowest BCUT2D eigenvalue weighted by atomic mass is 10.3. The lowest BCUT2D eigenvalue weighted by Crippen LogP contribution is -2.19. The highest BCUT2D eigenvalue weighted by atomic mass is 15.1. The van der Waals surface area contributed by atoms with E-state index < -0.39 is 0 Å². The van der Waals surface area contributed by atoms with Gasteiger partial charge in [-0.05, 0) is 39.1 Å². The fourth-order valence-corrected chi connectivity index (χ4v) is 2.37. The van der Waals surface area contributed by atoms with Gasteiger partial charge in [-0.15, -0.1) is 0 Å². The number of fused-ring (bicyclic) bond motifs is 1. The van der Waals surface area contributed by atoms with Gasteiger partial charge in [-0.3, -0.25) is 0 Å². The van der Waals surface area contributed by atoms with Crippen LogP contribution in [0.25, 0.3) is 11.0 Å². The second-order valence-electron chi connectivity index (χ2n) is 5.41. The Hall–Kier alpha value is -1.55. The molecule has 0 amide bonds. The van der Waals surface area contributed by atoms with Crippen LogP contribution in [-0.2, 0) is 6.54 Å². The summed E-state index contributed by atoms with van der Waals surface area (Å²) < 4.78 is 2.35. The van der Waals surface area contributed by atoms with Crippen molar-refractivity contribution >= 4 is 16.7 Å². The number of hydrogen-bond donors (Lipinski definition) is 1. The highest BCUT2D eigenvalue weighted by molar-refractivity contribution is 5.87. The largest absolute Gasteiger partial charge is 0.397 e. The number of hydrogen-bond acceptors (Lipinski definition) is 3. The fourth-order valence-electron chi connectivity index (χ4n) is 2.37. The van der Waals surface area contributed by atoms with Gasteiger partial charge in [-0.2, -0.15) is 0 Å². The van der Waals surface area contributed by atoms with Gasteiger partial charge in [0.1, 0.15) is 11.3 Å². The molecule has 0 saturated heterocycles. The maximum absolute atomic E-state index is 6.03. The van der Waals surface area contributed by atoms with Gasteiger partial charge in [0.25, 0.3) is 0 Å². The van der Waals surface area contributed by atoms with Crippen molar-refractivity contribution in [1.82, 2.24) is 14.5 Å². The van der Waals surface area contributed by atoms with Crippen LogP contribution in [0.15, 0.2) is 18.2 Å². The molecule has 1 aromatic carbocycles. The van der Waals surface area contributed by atoms with Crippen molar-refractivity contribution in [3.05, 3.63) is 24.0 Å². The summed E-state index contributed by atoms with van der Waals surface area (Å²) in [7, 11) is 4.20. The van der Waals surface area contributed by atoms with Crippen LogP contribution in [0.4, 0.5) is 5.69 Å². The number of rotatable bonds is 4. The van der Waals surface area contributed by atoms with E-state index in [-0.39, 0.29) is 0 Å². The Labute approximate surface area is 107 Å². The highest BCUT2D eigenvalue weighted by Crippen LogP contribution is 2.41. The van der Waals surface area contributed by atoms with Gasteiger partial charge in [-0.25, -0.2) is 4.98 Å². The Morgan fingerprint density at radius 2 is 2.17 bits per heavy atom. The van der Waals surface area contributed by atoms with Crippen LogP contribution in [0, 0.1) is 0 Å². The minimum Gasteiger partial charge on any atom is -0.397 e. The van der Waals surface area contributed by atoms with E-state index in [0.29, 0.717) is 5.92 Å². The van der Waals surface area contributed by atoms with Crippen LogP contribution in [0.1, 0.15) is 24.6 Å². The van der Waals surface area contributed by atoms with Crippen LogP contribution < -0.4 is 5.73 Å². The summed E-state index contributed by atoms with van der Waals surface area (Å²) in [5, 5.41) is 0. The molecule has 0 spiro atoms. The SMILES string of the molecule is CN(C)CCn1c(C2CC2)nc2c(N)cccc21. The third kappa shape index (κ3) is 1.97. The molecule has 0 atom stereocenters. The fraction of sp³-hybridized carbons (Fsp3) is 0.500. The van der Waals surface area contributed by atoms with Crippen LogP contribution in [-0.4, -0.2) is 35.1 Å². The van der Waals surface area contributed by atoms with Gasteiger partial charge in [0.15, 0.2) is 0 Å². The average molecular weight is 244 g/mol. The van der Waals surface area contributed by atoms with Crippen molar-refractivity contribution in [2.45, 2.75) is 25.3 Å². The molecular formula is C14H20N4. The molecule has 18 heavy (non-hydrogen) atoms. The van der Waals surface area contributed by atoms with E-state index in [2.05, 4.69) is 29.6 Å². The standard InChI is InChI=1S/C14H20N4/c1-17(2)8-9-18-12-5-3-4-11(15)13(12)16-14(18)10-6-7-10/h3-5,10H,6-9,15H2,1-2H3. The predicted molar refractivity (Wildman–Crippen MR) is 74.7 cm³/mol. The Kier molecular flexibility index (Phi) is 2.74. The maximum atomic E-state index is 6.03. The van der Waals surface area contributed by atoms with E-state index in [9.17, 15) is 0 Å². The summed E-state index contributed by atoms with van der Waals surface area (Å²) in [5.41, 5.74) is 8.97. The number of nitrogens with two attached hydrogens (primary N) is 1. The van der Waals surface area contributed by atoms with E-state index >= 15 is 0 Å². The van der Waals surface area contributed by atoms with E-state index in [0.717, 1.165) is 24.3 Å². The molecule has 0 bridgehead atoms. The van der Waals surface area contributed by atoms with Gasteiger partial charge in [0.05, 0.1) is 11.2 Å². The zero-order chi connectivity index (χ0) is 12.7. The molecule has 96 valence electrons. The Bertz CT molecular complexity index is 566. The molecule has 1 heterocycles. The summed E-state index contributed by atoms with van der Waals surface area (Å²) >= 11 is 0. The van der Waals surface area contributed by atoms with E-state index in [4.69, 9.17) is 10.7 Å². The molecule has 1 fully saturated rings. The summed E-state index contributed by atoms with van der Waals surface area (Å²) in [6.07, 6.45) is 2.54. The normalized spacial score (nSPS) is 15.7. The molecule has 0 unspecified atom stereocenters. The second kappa shape index (κ2) is 4.28. The first-order valence-electron chi connectivity index (χ1n) is 6.56. The molecule has 1 aliphatic rings. The molecule has 4 nitrogen and oxygen atoms in total. The van der Waals surface area contributed by atoms with Crippen molar-refractivity contribution in [3.8, 4) is 0 Å². The third-order valence-electron chi connectivity index (χ3n) is 3.55. The number of nitrogens with zero attached hydrogens (tertiary/aromatic N) is 3. The number of aromatic nitrogens is 2. The number of likely N-dealkylation sites (N-methyl/N-ethyl adjacent to an activating group) is 1. The lowest BCUT2D eigenvalue weighted by molar-refractivity contribution is 0.383. The first-order chi connectivity index (χ1) is 8.66. The van der Waals surface area contributed by atoms with Crippen LogP contribution in [0.3, 0.4) is 0 Å². The number of nitrogen functional groups attached to an aromatic ring is 1. The Morgan fingerprint density at radius 1 is 1.39 bits per heavy atom. The second-order valence-corrected chi connectivity index (χ2v) is 5.41. The first-order valence-corrected chi connectivity index (χ1v) is 6.56. The highest BCUT2D eigenvalue weighted by Gasteiger charge is 2.29. The van der Waals surface area contributed by atoms with Gasteiger partial charge in [0, 0.05) is 19.0 Å². The zero-order valence-corrected chi connectivity index (χ0v) is 11.1. The smallest absolute Gasteiger partial charge is 0.113 e. The van der Waals surface area contributed by atoms with Gasteiger partial charge < -0.3 is 15.2 Å². The van der Waals surface area contributed by atoms with Crippen molar-refractivity contribution in [2.75, 3.05) is 26.4 Å². The Balaban J connectivity index is 2.07. The quantitative estimate of drug-likeness (QED) is 0.837. The molecule has 4 heteroatoms. The number of imidazole rings is 1. The minimum absolute atomic E-state index is 0.652. The summed E-state index contributed by atoms with van der Waals surface area (Å²) in [6.45, 7) is 2.01. The number of benzene rings is 1. The van der Waals surface area contributed by atoms with Crippen molar-refractivity contribution in [3.63, 3.8) is 0 Å². The molecule has 0 radical (unpaired) electrons. The molecule has 3 rings (SSSR count). The molecule has 1 aromatic heterocycles. The molecule has 0 aliphatic heterocycles. The number of para-hydroxylation sites is 1. The molecule has 1 saturated carbocycles. The van der Waals surface area contributed by atoms with E-state index in [1.807, 2.05) is 12.1 Å². The summed E-state index contributed by atoms with van der Waals surface area (Å²) in [6, 6.07) is 6.07. The lowest BCUT2D eigenvalue weighted by Gasteiger charge is -2.13. The molecule has 1 aliphatic carbocycles. The van der Waals surface area contributed by atoms with Crippen molar-refractivity contribution in [1.29, 1.82) is 0 Å². The Morgan fingerprint density at radius 3 is 2.83 bits per heavy atom. The van der Waals surface area contributed by atoms with E-state index in [1.165, 1.54) is 24.2 Å². The topological polar surface area (TPSA) is 47.1 Å². The molecular weight excluding hydrogens is 224 g/mol. The maximum Gasteiger partial charge on any atom is 0.113 e. The van der Waals surface area contributed by atoms with Crippen LogP contribution in [0.2, 0.25) is 0 Å². The third-order valence-corrected chi connectivity index (χ3v) is 3.55. The van der Waals surface area contributed by atoms with Crippen LogP contribution >= 0.6 is 0 Å². The summed E-state index contributed by atoms with van der Waals surface area (Å²) in [4.78, 5) is 6.97. The van der Waals surface area contributed by atoms with Crippen LogP contribution in [0.5, 0.6) is 0 Å². The molecule has 2 N–H and O–H groups in total. The monoisotopic (exact) mass is 244 g/mol. The first kappa shape index (κ1) is 11.5. The summed E-state index contributed by atoms with van der Waals surface area (Å²) in [5.74, 6) is 1.88. The number of anilines is 1. The predicted octanol–water partition coefficient (Wildman–Crippen LogP) is 2.06. The van der Waals surface area contributed by atoms with E-state index in [1.54, 1.807) is 0 Å². The average Bonchev–Trinajstić information content (AvgIpc) is 3.09. The van der Waals surface area contributed by atoms with Gasteiger partial charge in [0.2, 0.25) is 0 Å². The van der Waals surface area contributed by atoms with Crippen molar-refractivity contribution < 1.29 is 0 Å². The molecule has 2 aromatic rings. The van der Waals surface area contributed by atoms with Gasteiger partial charge in [-0.1, -0.05) is 6.07 Å².